The van der Waals surface area contributed by atoms with Gasteiger partial charge in [-0.05, 0) is 12.7 Å². The molecule has 0 aromatic heterocycles. The van der Waals surface area contributed by atoms with E-state index < -0.39 is 42.5 Å². The fourth-order valence-corrected chi connectivity index (χ4v) is 3.20. The summed E-state index contributed by atoms with van der Waals surface area (Å²) in [4.78, 5) is 44.3. The van der Waals surface area contributed by atoms with Crippen molar-refractivity contribution in [2.24, 2.45) is 0 Å². The van der Waals surface area contributed by atoms with Gasteiger partial charge in [-0.3, -0.25) is 0 Å². The van der Waals surface area contributed by atoms with Gasteiger partial charge in [0, 0.05) is 12.0 Å². The SMILES string of the molecule is C=C(O[C@@H]1CC(C(=O)O)=C[C@@H]([P+]([O-])([O-])[S-])[C@H]1O)C(=O)O. The van der Waals surface area contributed by atoms with Gasteiger partial charge in [0.15, 0.2) is 5.76 Å². The Hall–Kier alpha value is -1.12. The Bertz CT molecular complexity index is 468. The second-order valence-electron chi connectivity index (χ2n) is 4.11. The number of aliphatic carboxylic acids is 2. The molecular weight excluding hydrogens is 311 g/mol. The number of hydrogen-bond acceptors (Lipinski definition) is 7. The summed E-state index contributed by atoms with van der Waals surface area (Å²) in [5.74, 6) is -3.65. The van der Waals surface area contributed by atoms with Crippen molar-refractivity contribution in [3.05, 3.63) is 24.0 Å². The molecule has 0 fully saturated rings. The molecule has 0 aromatic carbocycles. The summed E-state index contributed by atoms with van der Waals surface area (Å²) in [6.07, 6.45) is -2.56. The van der Waals surface area contributed by atoms with Gasteiger partial charge in [0.2, 0.25) is 0 Å². The highest BCUT2D eigenvalue weighted by Gasteiger charge is 2.39. The molecule has 0 amide bonds. The normalized spacial score (nSPS) is 26.6. The maximum absolute atomic E-state index is 11.4. The average molecular weight is 322 g/mol. The van der Waals surface area contributed by atoms with Gasteiger partial charge < -0.3 is 42.1 Å². The average Bonchev–Trinajstić information content (AvgIpc) is 2.29. The molecule has 0 unspecified atom stereocenters. The molecule has 0 saturated heterocycles. The first kappa shape index (κ1) is 16.9. The number of rotatable bonds is 5. The van der Waals surface area contributed by atoms with Crippen LogP contribution in [-0.2, 0) is 26.6 Å². The smallest absolute Gasteiger partial charge is 0.370 e. The Morgan fingerprint density at radius 1 is 1.45 bits per heavy atom. The van der Waals surface area contributed by atoms with E-state index in [0.717, 1.165) is 6.08 Å². The largest absolute Gasteiger partial charge is 0.700 e. The minimum atomic E-state index is -4.49. The minimum Gasteiger partial charge on any atom is -0.700 e. The van der Waals surface area contributed by atoms with E-state index in [1.807, 2.05) is 0 Å². The predicted octanol–water partition coefficient (Wildman–Crippen LogP) is -1.86. The van der Waals surface area contributed by atoms with Gasteiger partial charge in [-0.25, -0.2) is 16.5 Å². The van der Waals surface area contributed by atoms with Crippen LogP contribution in [0.2, 0.25) is 0 Å². The lowest BCUT2D eigenvalue weighted by Gasteiger charge is -2.53. The summed E-state index contributed by atoms with van der Waals surface area (Å²) in [6, 6.07) is 0. The number of ether oxygens (including phenoxy) is 1. The van der Waals surface area contributed by atoms with Crippen molar-refractivity contribution < 1.29 is 39.4 Å². The van der Waals surface area contributed by atoms with Crippen molar-refractivity contribution in [1.29, 1.82) is 0 Å². The van der Waals surface area contributed by atoms with Gasteiger partial charge in [0.25, 0.3) is 0 Å². The molecule has 0 saturated carbocycles. The van der Waals surface area contributed by atoms with Crippen LogP contribution in [0.1, 0.15) is 6.42 Å². The van der Waals surface area contributed by atoms with Crippen LogP contribution in [0.3, 0.4) is 0 Å². The molecule has 20 heavy (non-hydrogen) atoms. The highest BCUT2D eigenvalue weighted by molar-refractivity contribution is 8.36. The molecule has 0 aliphatic heterocycles. The molecule has 3 atom stereocenters. The first-order valence-electron chi connectivity index (χ1n) is 5.26. The van der Waals surface area contributed by atoms with Crippen LogP contribution in [0, 0.1) is 0 Å². The number of carbonyl (C=O) groups is 2. The molecule has 10 heteroatoms. The number of carboxylic acid groups (broad SMARTS) is 2. The van der Waals surface area contributed by atoms with Gasteiger partial charge >= 0.3 is 11.9 Å². The monoisotopic (exact) mass is 322 g/mol. The Morgan fingerprint density at radius 3 is 2.40 bits per heavy atom. The van der Waals surface area contributed by atoms with E-state index in [9.17, 15) is 24.5 Å². The number of hydrogen-bond donors (Lipinski definition) is 3. The second-order valence-corrected chi connectivity index (χ2v) is 7.31. The minimum absolute atomic E-state index is 0.329. The van der Waals surface area contributed by atoms with Gasteiger partial charge in [-0.1, -0.05) is 0 Å². The van der Waals surface area contributed by atoms with Crippen molar-refractivity contribution in [2.75, 3.05) is 0 Å². The van der Waals surface area contributed by atoms with Crippen molar-refractivity contribution in [3.8, 4) is 0 Å². The van der Waals surface area contributed by atoms with Crippen LogP contribution >= 0.6 is 6.92 Å². The van der Waals surface area contributed by atoms with Crippen molar-refractivity contribution in [1.82, 2.24) is 0 Å². The fraction of sp³-hybridized carbons (Fsp3) is 0.400. The third-order valence-electron chi connectivity index (χ3n) is 2.70. The van der Waals surface area contributed by atoms with E-state index in [-0.39, 0.29) is 12.0 Å². The molecule has 1 aliphatic rings. The number of aliphatic hydroxyl groups is 1. The van der Waals surface area contributed by atoms with Crippen molar-refractivity contribution in [2.45, 2.75) is 24.3 Å². The Balaban J connectivity index is 3.05. The van der Waals surface area contributed by atoms with Gasteiger partial charge in [0.1, 0.15) is 12.2 Å². The van der Waals surface area contributed by atoms with Crippen LogP contribution in [0.15, 0.2) is 24.0 Å². The highest BCUT2D eigenvalue weighted by Crippen LogP contribution is 2.48. The quantitative estimate of drug-likeness (QED) is 0.229. The maximum Gasteiger partial charge on any atom is 0.370 e. The molecule has 0 heterocycles. The first-order chi connectivity index (χ1) is 9.04. The topological polar surface area (TPSA) is 150 Å². The van der Waals surface area contributed by atoms with Crippen LogP contribution in [0.4, 0.5) is 0 Å². The first-order valence-corrected chi connectivity index (χ1v) is 7.97. The zero-order valence-corrected chi connectivity index (χ0v) is 11.7. The summed E-state index contributed by atoms with van der Waals surface area (Å²) in [6.45, 7) is -1.43. The summed E-state index contributed by atoms with van der Waals surface area (Å²) in [5, 5.41) is 27.4. The molecule has 1 rings (SSSR count). The van der Waals surface area contributed by atoms with Gasteiger partial charge in [-0.15, -0.1) is 0 Å². The highest BCUT2D eigenvalue weighted by atomic mass is 32.7. The molecule has 0 bridgehead atoms. The van der Waals surface area contributed by atoms with Crippen LogP contribution in [0.5, 0.6) is 0 Å². The summed E-state index contributed by atoms with van der Waals surface area (Å²) < 4.78 is 4.82. The molecule has 0 spiro atoms. The van der Waals surface area contributed by atoms with Crippen molar-refractivity contribution in [3.63, 3.8) is 0 Å². The van der Waals surface area contributed by atoms with E-state index in [1.54, 1.807) is 0 Å². The molecule has 1 aliphatic carbocycles. The Kier molecular flexibility index (Phi) is 5.17. The Labute approximate surface area is 119 Å². The lowest BCUT2D eigenvalue weighted by atomic mass is 9.93. The third kappa shape index (κ3) is 3.94. The lowest BCUT2D eigenvalue weighted by Crippen LogP contribution is -2.47. The molecule has 112 valence electrons. The summed E-state index contributed by atoms with van der Waals surface area (Å²) >= 11 is 4.25. The standard InChI is InChI=1S/C10H13O8PS/c1-4(9(12)13)18-6-2-5(10(14)15)3-7(8(6)11)19(16,17)20/h3,6-8,11H,1-2H2,(H,12,13)(H,14,15)(H2,16,17,20)/p-2/t6-,7-,8+/m1/s1. The van der Waals surface area contributed by atoms with E-state index >= 15 is 0 Å². The van der Waals surface area contributed by atoms with Crippen LogP contribution in [-0.4, -0.2) is 45.1 Å². The molecule has 0 aromatic rings. The zero-order chi connectivity index (χ0) is 15.7. The molecular formula is C10H11O8PS-2. The van der Waals surface area contributed by atoms with E-state index in [1.165, 1.54) is 0 Å². The predicted molar refractivity (Wildman–Crippen MR) is 66.1 cm³/mol. The van der Waals surface area contributed by atoms with Gasteiger partial charge in [0.05, 0.1) is 5.66 Å². The maximum atomic E-state index is 11.4. The Morgan fingerprint density at radius 2 is 2.00 bits per heavy atom. The van der Waals surface area contributed by atoms with Crippen LogP contribution < -0.4 is 9.79 Å². The number of carboxylic acids is 2. The fourth-order valence-electron chi connectivity index (χ4n) is 1.71. The summed E-state index contributed by atoms with van der Waals surface area (Å²) in [7, 11) is 0. The molecule has 0 radical (unpaired) electrons. The van der Waals surface area contributed by atoms with E-state index in [0.29, 0.717) is 0 Å². The third-order valence-corrected chi connectivity index (χ3v) is 4.61. The summed E-state index contributed by atoms with van der Waals surface area (Å²) in [5.41, 5.74) is -1.96. The van der Waals surface area contributed by atoms with Crippen LogP contribution in [0.25, 0.3) is 0 Å². The zero-order valence-electron chi connectivity index (χ0n) is 9.96. The molecule has 3 N–H and O–H groups in total. The van der Waals surface area contributed by atoms with Crippen molar-refractivity contribution >= 4 is 31.1 Å². The van der Waals surface area contributed by atoms with Gasteiger partial charge in [-0.2, -0.15) is 0 Å². The second kappa shape index (κ2) is 6.11. The molecule has 8 nitrogen and oxygen atoms in total. The lowest BCUT2D eigenvalue weighted by molar-refractivity contribution is -0.301. The van der Waals surface area contributed by atoms with E-state index in [2.05, 4.69) is 18.8 Å². The number of aliphatic hydroxyl groups excluding tert-OH is 1. The van der Waals surface area contributed by atoms with E-state index in [4.69, 9.17) is 14.9 Å².